The number of ether oxygens (including phenoxy) is 1. The largest absolute Gasteiger partial charge is 0.548 e. The van der Waals surface area contributed by atoms with Gasteiger partial charge < -0.3 is 40.9 Å². The number of aliphatic carboxylic acids is 1. The van der Waals surface area contributed by atoms with Crippen molar-refractivity contribution < 1.29 is 33.8 Å². The minimum absolute atomic E-state index is 0.0354. The summed E-state index contributed by atoms with van der Waals surface area (Å²) in [6, 6.07) is 4.81. The first-order valence-corrected chi connectivity index (χ1v) is 13.2. The van der Waals surface area contributed by atoms with Crippen molar-refractivity contribution >= 4 is 52.0 Å². The summed E-state index contributed by atoms with van der Waals surface area (Å²) in [7, 11) is 0. The van der Waals surface area contributed by atoms with E-state index in [4.69, 9.17) is 10.5 Å². The van der Waals surface area contributed by atoms with Gasteiger partial charge >= 0.3 is 0 Å². The number of aromatic amines is 1. The molecule has 3 aromatic rings. The third-order valence-electron chi connectivity index (χ3n) is 6.62. The van der Waals surface area contributed by atoms with E-state index >= 15 is 0 Å². The molecule has 14 nitrogen and oxygen atoms in total. The van der Waals surface area contributed by atoms with Gasteiger partial charge in [-0.1, -0.05) is 22.7 Å². The summed E-state index contributed by atoms with van der Waals surface area (Å²) < 4.78 is 8.64. The van der Waals surface area contributed by atoms with Crippen LogP contribution < -0.4 is 21.5 Å². The average molecular weight is 571 g/mol. The second kappa shape index (κ2) is 12.7. The molecule has 1 fully saturated rings. The number of aryl methyl sites for hydroxylation is 1. The van der Waals surface area contributed by atoms with Crippen molar-refractivity contribution in [2.24, 2.45) is 5.73 Å². The van der Waals surface area contributed by atoms with Gasteiger partial charge in [-0.05, 0) is 42.9 Å². The smallest absolute Gasteiger partial charge is 0.265 e. The normalized spacial score (nSPS) is 17.8. The van der Waals surface area contributed by atoms with E-state index in [0.29, 0.717) is 17.0 Å². The molecule has 3 atom stereocenters. The molecule has 0 bridgehead atoms. The summed E-state index contributed by atoms with van der Waals surface area (Å²) in [5, 5.41) is 20.9. The highest BCUT2D eigenvalue weighted by Crippen LogP contribution is 2.22. The van der Waals surface area contributed by atoms with Crippen molar-refractivity contribution in [3.63, 3.8) is 0 Å². The van der Waals surface area contributed by atoms with Gasteiger partial charge in [-0.3, -0.25) is 19.2 Å². The molecule has 4 rings (SSSR count). The molecule has 4 amide bonds. The first-order chi connectivity index (χ1) is 19.1. The number of rotatable bonds is 11. The lowest BCUT2D eigenvalue weighted by Crippen LogP contribution is -2.60. The minimum Gasteiger partial charge on any atom is -0.548 e. The lowest BCUT2D eigenvalue weighted by atomic mass is 9.95. The molecular weight excluding hydrogens is 542 g/mol. The predicted octanol–water partition coefficient (Wildman–Crippen LogP) is -1.60. The Labute approximate surface area is 232 Å². The molecule has 40 heavy (non-hydrogen) atoms. The average Bonchev–Trinajstić information content (AvgIpc) is 3.54. The molecule has 0 radical (unpaired) electrons. The number of amides is 4. The van der Waals surface area contributed by atoms with Crippen LogP contribution in [0.5, 0.6) is 0 Å². The number of para-hydroxylation sites is 1. The molecule has 3 heterocycles. The maximum Gasteiger partial charge on any atom is 0.265 e. The lowest BCUT2D eigenvalue weighted by Gasteiger charge is -2.39. The summed E-state index contributed by atoms with van der Waals surface area (Å²) in [4.78, 5) is 66.9. The number of carbonyl (C=O) groups is 5. The molecule has 212 valence electrons. The van der Waals surface area contributed by atoms with Crippen molar-refractivity contribution in [2.75, 3.05) is 19.8 Å². The molecule has 15 heteroatoms. The number of likely N-dealkylation sites (tertiary alicyclic amines) is 1. The standard InChI is InChI=1S/C25H29N7O7S/c1-13-22(40-31-30-13)25(38)28-15-6-7-32(20(33)11-39-12-21(34)35)19(9-15)24(37)29-18(23(26)36)8-14-10-27-17-5-3-2-4-16(14)17/h2-5,10,15,18-19,27H,6-9,11-12H2,1H3,(H2,26,36)(H,28,38)(H,29,37)(H,34,35)/p-1/t15-,18+,19-/m0/s1. The molecule has 1 aliphatic rings. The number of carboxylic acids is 1. The van der Waals surface area contributed by atoms with Crippen LogP contribution in [-0.2, 0) is 30.3 Å². The number of nitrogens with zero attached hydrogens (tertiary/aromatic N) is 3. The molecule has 1 saturated heterocycles. The van der Waals surface area contributed by atoms with E-state index in [1.54, 1.807) is 13.1 Å². The number of nitrogens with one attached hydrogen (secondary N) is 3. The summed E-state index contributed by atoms with van der Waals surface area (Å²) in [6.07, 6.45) is 2.20. The van der Waals surface area contributed by atoms with E-state index in [0.717, 1.165) is 28.0 Å². The molecule has 5 N–H and O–H groups in total. The number of carbonyl (C=O) groups excluding carboxylic acids is 5. The van der Waals surface area contributed by atoms with E-state index in [1.807, 2.05) is 24.3 Å². The van der Waals surface area contributed by atoms with Gasteiger partial charge in [0.1, 0.15) is 23.6 Å². The van der Waals surface area contributed by atoms with E-state index in [-0.39, 0.29) is 19.4 Å². The van der Waals surface area contributed by atoms with E-state index in [2.05, 4.69) is 25.2 Å². The zero-order chi connectivity index (χ0) is 28.8. The summed E-state index contributed by atoms with van der Waals surface area (Å²) in [5.74, 6) is -3.92. The summed E-state index contributed by atoms with van der Waals surface area (Å²) in [5.41, 5.74) is 7.73. The lowest BCUT2D eigenvalue weighted by molar-refractivity contribution is -0.309. The fraction of sp³-hybridized carbons (Fsp3) is 0.400. The van der Waals surface area contributed by atoms with Crippen molar-refractivity contribution in [3.05, 3.63) is 46.6 Å². The van der Waals surface area contributed by atoms with Crippen LogP contribution in [0.4, 0.5) is 0 Å². The fourth-order valence-corrected chi connectivity index (χ4v) is 5.21. The van der Waals surface area contributed by atoms with E-state index in [9.17, 15) is 29.1 Å². The Balaban J connectivity index is 1.50. The quantitative estimate of drug-likeness (QED) is 0.209. The predicted molar refractivity (Wildman–Crippen MR) is 140 cm³/mol. The van der Waals surface area contributed by atoms with Gasteiger partial charge in [0.25, 0.3) is 5.91 Å². The second-order valence-electron chi connectivity index (χ2n) is 9.38. The monoisotopic (exact) mass is 570 g/mol. The Hall–Kier alpha value is -4.37. The number of hydrogen-bond donors (Lipinski definition) is 4. The molecule has 1 aliphatic heterocycles. The van der Waals surface area contributed by atoms with Gasteiger partial charge in [0, 0.05) is 36.1 Å². The third kappa shape index (κ3) is 6.79. The van der Waals surface area contributed by atoms with Crippen LogP contribution in [0.3, 0.4) is 0 Å². The van der Waals surface area contributed by atoms with Crippen molar-refractivity contribution in [2.45, 2.75) is 44.3 Å². The Morgan fingerprint density at radius 3 is 2.73 bits per heavy atom. The first kappa shape index (κ1) is 28.6. The zero-order valence-corrected chi connectivity index (χ0v) is 22.4. The van der Waals surface area contributed by atoms with Gasteiger partial charge in [0.15, 0.2) is 0 Å². The van der Waals surface area contributed by atoms with Crippen LogP contribution in [0.15, 0.2) is 30.5 Å². The molecule has 2 aromatic heterocycles. The van der Waals surface area contributed by atoms with Gasteiger partial charge in [-0.2, -0.15) is 0 Å². The van der Waals surface area contributed by atoms with Gasteiger partial charge in [0.05, 0.1) is 18.3 Å². The Morgan fingerprint density at radius 2 is 2.02 bits per heavy atom. The third-order valence-corrected chi connectivity index (χ3v) is 7.45. The number of primary amides is 1. The molecule has 0 unspecified atom stereocenters. The number of benzene rings is 1. The van der Waals surface area contributed by atoms with Crippen LogP contribution in [0.2, 0.25) is 0 Å². The number of fused-ring (bicyclic) bond motifs is 1. The number of carboxylic acid groups (broad SMARTS) is 1. The Bertz CT molecular complexity index is 1420. The molecule has 0 aliphatic carbocycles. The number of nitrogens with two attached hydrogens (primary N) is 1. The van der Waals surface area contributed by atoms with Crippen molar-refractivity contribution in [3.8, 4) is 0 Å². The summed E-state index contributed by atoms with van der Waals surface area (Å²) in [6.45, 7) is 0.348. The highest BCUT2D eigenvalue weighted by atomic mass is 32.1. The number of hydrogen-bond acceptors (Lipinski definition) is 10. The maximum absolute atomic E-state index is 13.5. The molecule has 0 spiro atoms. The number of piperidine rings is 1. The SMILES string of the molecule is Cc1nnsc1C(=O)N[C@H]1CCN(C(=O)COCC(=O)[O-])[C@H](C(=O)N[C@H](Cc2c[nH]c3ccccc23)C(N)=O)C1. The van der Waals surface area contributed by atoms with E-state index < -0.39 is 60.9 Å². The number of aromatic nitrogens is 3. The maximum atomic E-state index is 13.5. The van der Waals surface area contributed by atoms with Crippen LogP contribution in [0, 0.1) is 6.92 Å². The molecular formula is C25H28N7O7S-. The van der Waals surface area contributed by atoms with Crippen LogP contribution >= 0.6 is 11.5 Å². The molecule has 1 aromatic carbocycles. The highest BCUT2D eigenvalue weighted by molar-refractivity contribution is 7.08. The highest BCUT2D eigenvalue weighted by Gasteiger charge is 2.38. The van der Waals surface area contributed by atoms with Gasteiger partial charge in [-0.25, -0.2) is 0 Å². The van der Waals surface area contributed by atoms with Gasteiger partial charge in [0.2, 0.25) is 17.7 Å². The number of H-pyrrole nitrogens is 1. The Kier molecular flexibility index (Phi) is 9.06. The van der Waals surface area contributed by atoms with Crippen LogP contribution in [-0.4, -0.2) is 87.0 Å². The minimum atomic E-state index is -1.49. The Morgan fingerprint density at radius 1 is 1.25 bits per heavy atom. The van der Waals surface area contributed by atoms with E-state index in [1.165, 1.54) is 4.90 Å². The first-order valence-electron chi connectivity index (χ1n) is 12.5. The van der Waals surface area contributed by atoms with Crippen LogP contribution in [0.1, 0.15) is 33.8 Å². The van der Waals surface area contributed by atoms with Crippen molar-refractivity contribution in [1.29, 1.82) is 0 Å². The zero-order valence-electron chi connectivity index (χ0n) is 21.5. The second-order valence-corrected chi connectivity index (χ2v) is 10.1. The molecule has 0 saturated carbocycles. The van der Waals surface area contributed by atoms with Crippen molar-refractivity contribution in [1.82, 2.24) is 30.1 Å². The topological polar surface area (TPSA) is 213 Å². The van der Waals surface area contributed by atoms with Gasteiger partial charge in [-0.15, -0.1) is 5.10 Å². The van der Waals surface area contributed by atoms with Crippen LogP contribution in [0.25, 0.3) is 10.9 Å². The fourth-order valence-electron chi connectivity index (χ4n) is 4.65. The summed E-state index contributed by atoms with van der Waals surface area (Å²) >= 11 is 0.944.